The number of alkyl halides is 1. The molecule has 0 saturated heterocycles. The lowest BCUT2D eigenvalue weighted by Crippen LogP contribution is -2.18. The number of nitrogens with zero attached hydrogens (tertiary/aromatic N) is 1. The Morgan fingerprint density at radius 1 is 1.88 bits per heavy atom. The average Bonchev–Trinajstić information content (AvgIpc) is 1.77. The van der Waals surface area contributed by atoms with Gasteiger partial charge in [0.25, 0.3) is 0 Å². The third kappa shape index (κ3) is 1.13. The Morgan fingerprint density at radius 2 is 2.62 bits per heavy atom. The van der Waals surface area contributed by atoms with Gasteiger partial charge in [-0.15, -0.1) is 11.6 Å². The Balaban J connectivity index is 2.53. The number of hydrogen-bond acceptors (Lipinski definition) is 2. The Hall–Kier alpha value is -0.240. The largest absolute Gasteiger partial charge is 0.396 e. The van der Waals surface area contributed by atoms with Crippen molar-refractivity contribution in [2.24, 2.45) is 5.16 Å². The molecule has 8 heavy (non-hydrogen) atoms. The van der Waals surface area contributed by atoms with Crippen molar-refractivity contribution in [1.82, 2.24) is 0 Å². The van der Waals surface area contributed by atoms with Crippen LogP contribution in [0.5, 0.6) is 0 Å². The van der Waals surface area contributed by atoms with Crippen LogP contribution in [0.2, 0.25) is 0 Å². The Labute approximate surface area is 53.5 Å². The molecule has 0 bridgehead atoms. The average molecular weight is 134 g/mol. The number of hydrogen-bond donors (Lipinski definition) is 0. The molecule has 1 rings (SSSR count). The number of rotatable bonds is 0. The summed E-state index contributed by atoms with van der Waals surface area (Å²) in [6, 6.07) is 0. The van der Waals surface area contributed by atoms with E-state index in [-0.39, 0.29) is 5.38 Å². The van der Waals surface area contributed by atoms with E-state index >= 15 is 0 Å². The van der Waals surface area contributed by atoms with Gasteiger partial charge in [0.1, 0.15) is 6.61 Å². The summed E-state index contributed by atoms with van der Waals surface area (Å²) in [4.78, 5) is 4.76. The van der Waals surface area contributed by atoms with Gasteiger partial charge in [-0.2, -0.15) is 0 Å². The molecule has 1 aliphatic rings. The van der Waals surface area contributed by atoms with E-state index in [0.29, 0.717) is 6.61 Å². The van der Waals surface area contributed by atoms with Crippen molar-refractivity contribution < 1.29 is 4.84 Å². The highest BCUT2D eigenvalue weighted by Crippen LogP contribution is 2.09. The molecule has 0 aromatic carbocycles. The second-order valence-corrected chi connectivity index (χ2v) is 2.35. The molecule has 1 heterocycles. The van der Waals surface area contributed by atoms with Gasteiger partial charge >= 0.3 is 0 Å². The van der Waals surface area contributed by atoms with Gasteiger partial charge < -0.3 is 4.84 Å². The van der Waals surface area contributed by atoms with Gasteiger partial charge in [-0.3, -0.25) is 0 Å². The highest BCUT2D eigenvalue weighted by molar-refractivity contribution is 6.31. The van der Waals surface area contributed by atoms with Crippen LogP contribution < -0.4 is 0 Å². The van der Waals surface area contributed by atoms with Crippen LogP contribution in [0.15, 0.2) is 5.16 Å². The van der Waals surface area contributed by atoms with E-state index in [2.05, 4.69) is 5.16 Å². The summed E-state index contributed by atoms with van der Waals surface area (Å²) in [5.74, 6) is 0. The molecule has 3 heteroatoms. The van der Waals surface area contributed by atoms with Gasteiger partial charge in [0.15, 0.2) is 0 Å². The molecule has 1 aliphatic heterocycles. The first kappa shape index (κ1) is 5.89. The van der Waals surface area contributed by atoms with Crippen LogP contribution in [0.25, 0.3) is 0 Å². The number of oxime groups is 1. The highest BCUT2D eigenvalue weighted by Gasteiger charge is 2.12. The molecule has 0 aromatic heterocycles. The normalized spacial score (nSPS) is 28.8. The van der Waals surface area contributed by atoms with E-state index in [0.717, 1.165) is 12.1 Å². The molecule has 0 aromatic rings. The van der Waals surface area contributed by atoms with Crippen LogP contribution in [0.3, 0.4) is 0 Å². The fraction of sp³-hybridized carbons (Fsp3) is 0.800. The minimum Gasteiger partial charge on any atom is -0.396 e. The summed E-state index contributed by atoms with van der Waals surface area (Å²) in [5.41, 5.74) is 0.887. The molecule has 0 fully saturated rings. The number of halogens is 1. The van der Waals surface area contributed by atoms with Crippen molar-refractivity contribution in [2.75, 3.05) is 6.61 Å². The summed E-state index contributed by atoms with van der Waals surface area (Å²) >= 11 is 5.76. The van der Waals surface area contributed by atoms with Crippen molar-refractivity contribution in [1.29, 1.82) is 0 Å². The van der Waals surface area contributed by atoms with Gasteiger partial charge in [-0.05, 0) is 6.92 Å². The highest BCUT2D eigenvalue weighted by atomic mass is 35.5. The van der Waals surface area contributed by atoms with E-state index in [4.69, 9.17) is 16.4 Å². The molecule has 0 saturated carbocycles. The van der Waals surface area contributed by atoms with Crippen molar-refractivity contribution >= 4 is 17.3 Å². The van der Waals surface area contributed by atoms with Gasteiger partial charge in [0.05, 0.1) is 11.1 Å². The second kappa shape index (κ2) is 2.35. The summed E-state index contributed by atoms with van der Waals surface area (Å²) < 4.78 is 0. The zero-order chi connectivity index (χ0) is 5.98. The molecule has 0 spiro atoms. The molecule has 46 valence electrons. The molecule has 1 unspecified atom stereocenters. The van der Waals surface area contributed by atoms with Crippen molar-refractivity contribution in [2.45, 2.75) is 18.7 Å². The molecule has 1 atom stereocenters. The Kier molecular flexibility index (Phi) is 1.73. The van der Waals surface area contributed by atoms with Crippen molar-refractivity contribution in [3.63, 3.8) is 0 Å². The van der Waals surface area contributed by atoms with E-state index < -0.39 is 0 Å². The first-order chi connectivity index (χ1) is 3.80. The topological polar surface area (TPSA) is 21.6 Å². The fourth-order valence-electron chi connectivity index (χ4n) is 0.570. The summed E-state index contributed by atoms with van der Waals surface area (Å²) in [6.07, 6.45) is 0.886. The molecule has 0 amide bonds. The van der Waals surface area contributed by atoms with Crippen LogP contribution >= 0.6 is 11.6 Å². The lowest BCUT2D eigenvalue weighted by Gasteiger charge is -2.12. The standard InChI is InChI=1S/C5H8ClNO/c1-4-5(6)2-3-8-7-4/h5H,2-3H2,1H3. The van der Waals surface area contributed by atoms with E-state index in [1.807, 2.05) is 6.92 Å². The van der Waals surface area contributed by atoms with Crippen LogP contribution in [-0.4, -0.2) is 17.7 Å². The van der Waals surface area contributed by atoms with Crippen LogP contribution in [0.4, 0.5) is 0 Å². The maximum atomic E-state index is 5.76. The zero-order valence-corrected chi connectivity index (χ0v) is 5.48. The van der Waals surface area contributed by atoms with Crippen LogP contribution in [-0.2, 0) is 4.84 Å². The maximum absolute atomic E-state index is 5.76. The van der Waals surface area contributed by atoms with Gasteiger partial charge in [0.2, 0.25) is 0 Å². The Morgan fingerprint density at radius 3 is 3.00 bits per heavy atom. The summed E-state index contributed by atoms with van der Waals surface area (Å²) in [6.45, 7) is 2.53. The SMILES string of the molecule is CC1=NOCCC1Cl. The molecular formula is C5H8ClNO. The van der Waals surface area contributed by atoms with E-state index in [9.17, 15) is 0 Å². The molecule has 0 N–H and O–H groups in total. The van der Waals surface area contributed by atoms with Gasteiger partial charge in [-0.1, -0.05) is 5.16 Å². The predicted octanol–water partition coefficient (Wildman–Crippen LogP) is 1.39. The minimum absolute atomic E-state index is 0.101. The summed E-state index contributed by atoms with van der Waals surface area (Å²) in [5, 5.41) is 3.80. The summed E-state index contributed by atoms with van der Waals surface area (Å²) in [7, 11) is 0. The monoisotopic (exact) mass is 133 g/mol. The van der Waals surface area contributed by atoms with Gasteiger partial charge in [-0.25, -0.2) is 0 Å². The third-order valence-corrected chi connectivity index (χ3v) is 1.66. The predicted molar refractivity (Wildman–Crippen MR) is 33.3 cm³/mol. The van der Waals surface area contributed by atoms with E-state index in [1.54, 1.807) is 0 Å². The maximum Gasteiger partial charge on any atom is 0.119 e. The second-order valence-electron chi connectivity index (χ2n) is 1.82. The van der Waals surface area contributed by atoms with Crippen molar-refractivity contribution in [3.8, 4) is 0 Å². The van der Waals surface area contributed by atoms with Gasteiger partial charge in [0, 0.05) is 6.42 Å². The molecule has 0 radical (unpaired) electrons. The molecular weight excluding hydrogens is 126 g/mol. The van der Waals surface area contributed by atoms with Crippen molar-refractivity contribution in [3.05, 3.63) is 0 Å². The lowest BCUT2D eigenvalue weighted by molar-refractivity contribution is 0.132. The quantitative estimate of drug-likeness (QED) is 0.458. The zero-order valence-electron chi connectivity index (χ0n) is 4.72. The van der Waals surface area contributed by atoms with E-state index in [1.165, 1.54) is 0 Å². The third-order valence-electron chi connectivity index (χ3n) is 1.12. The molecule has 0 aliphatic carbocycles. The minimum atomic E-state index is 0.101. The smallest absolute Gasteiger partial charge is 0.119 e. The lowest BCUT2D eigenvalue weighted by atomic mass is 10.2. The first-order valence-electron chi connectivity index (χ1n) is 2.61. The van der Waals surface area contributed by atoms with Crippen LogP contribution in [0, 0.1) is 0 Å². The first-order valence-corrected chi connectivity index (χ1v) is 3.05. The Bertz CT molecular complexity index is 113. The van der Waals surface area contributed by atoms with Crippen LogP contribution in [0.1, 0.15) is 13.3 Å². The molecule has 2 nitrogen and oxygen atoms in total. The fourth-order valence-corrected chi connectivity index (χ4v) is 0.699.